The molecular formula is C23H20ClNO5S2. The van der Waals surface area contributed by atoms with Gasteiger partial charge in [-0.05, 0) is 41.8 Å². The van der Waals surface area contributed by atoms with Crippen molar-refractivity contribution in [2.75, 3.05) is 20.4 Å². The summed E-state index contributed by atoms with van der Waals surface area (Å²) in [6.45, 7) is 0.0405. The Bertz CT molecular complexity index is 1280. The lowest BCUT2D eigenvalue weighted by molar-refractivity contribution is -0.153. The summed E-state index contributed by atoms with van der Waals surface area (Å²) < 4.78 is 39.7. The minimum Gasteiger partial charge on any atom is -0.468 e. The molecule has 1 aromatic heterocycles. The van der Waals surface area contributed by atoms with Crippen molar-refractivity contribution < 1.29 is 22.7 Å². The Morgan fingerprint density at radius 3 is 2.50 bits per heavy atom. The third-order valence-corrected chi connectivity index (χ3v) is 10.0. The molecule has 0 radical (unpaired) electrons. The third-order valence-electron chi connectivity index (χ3n) is 6.31. The second-order valence-corrected chi connectivity index (χ2v) is 11.5. The number of rotatable bonds is 5. The van der Waals surface area contributed by atoms with Crippen LogP contribution in [0.4, 0.5) is 0 Å². The lowest BCUT2D eigenvalue weighted by Gasteiger charge is -2.37. The van der Waals surface area contributed by atoms with Crippen LogP contribution >= 0.6 is 22.9 Å². The number of fused-ring (bicyclic) bond motifs is 1. The fourth-order valence-corrected chi connectivity index (χ4v) is 7.86. The number of sulfonamides is 1. The summed E-state index contributed by atoms with van der Waals surface area (Å²) in [6.07, 6.45) is 0.311. The van der Waals surface area contributed by atoms with E-state index in [1.165, 1.54) is 11.4 Å². The zero-order chi connectivity index (χ0) is 22.6. The maximum absolute atomic E-state index is 13.7. The average Bonchev–Trinajstić information content (AvgIpc) is 3.29. The predicted octanol–water partition coefficient (Wildman–Crippen LogP) is 4.30. The van der Waals surface area contributed by atoms with E-state index >= 15 is 0 Å². The Labute approximate surface area is 195 Å². The van der Waals surface area contributed by atoms with Gasteiger partial charge in [-0.25, -0.2) is 13.2 Å². The van der Waals surface area contributed by atoms with Gasteiger partial charge in [-0.3, -0.25) is 0 Å². The molecule has 1 saturated heterocycles. The van der Waals surface area contributed by atoms with Gasteiger partial charge in [0, 0.05) is 9.90 Å². The Kier molecular flexibility index (Phi) is 5.18. The van der Waals surface area contributed by atoms with Crippen molar-refractivity contribution >= 4 is 38.9 Å². The predicted molar refractivity (Wildman–Crippen MR) is 122 cm³/mol. The molecule has 2 atom stereocenters. The van der Waals surface area contributed by atoms with E-state index in [-0.39, 0.29) is 17.5 Å². The summed E-state index contributed by atoms with van der Waals surface area (Å²) >= 11 is 7.11. The van der Waals surface area contributed by atoms with Gasteiger partial charge in [0.25, 0.3) is 10.0 Å². The molecule has 1 aliphatic heterocycles. The number of carbonyl (C=O) groups is 1. The number of methoxy groups -OCH3 is 1. The molecule has 0 amide bonds. The topological polar surface area (TPSA) is 72.9 Å². The number of hydrogen-bond donors (Lipinski definition) is 0. The van der Waals surface area contributed by atoms with Gasteiger partial charge in [-0.2, -0.15) is 4.31 Å². The molecular weight excluding hydrogens is 470 g/mol. The van der Waals surface area contributed by atoms with Gasteiger partial charge < -0.3 is 9.47 Å². The van der Waals surface area contributed by atoms with Gasteiger partial charge in [0.05, 0.1) is 19.1 Å². The number of esters is 1. The van der Waals surface area contributed by atoms with E-state index < -0.39 is 26.9 Å². The molecule has 5 rings (SSSR count). The number of nitrogens with zero attached hydrogens (tertiary/aromatic N) is 1. The fraction of sp³-hybridized carbons (Fsp3) is 0.261. The van der Waals surface area contributed by atoms with Gasteiger partial charge in [0.15, 0.2) is 0 Å². The summed E-state index contributed by atoms with van der Waals surface area (Å²) in [7, 11) is -2.74. The summed E-state index contributed by atoms with van der Waals surface area (Å²) in [6, 6.07) is 19.9. The molecule has 2 aromatic carbocycles. The van der Waals surface area contributed by atoms with Crippen LogP contribution in [0.1, 0.15) is 12.0 Å². The number of ether oxygens (including phenoxy) is 2. The minimum absolute atomic E-state index is 0.144. The van der Waals surface area contributed by atoms with Crippen LogP contribution in [-0.2, 0) is 29.7 Å². The van der Waals surface area contributed by atoms with Crippen molar-refractivity contribution in [3.8, 4) is 10.4 Å². The SMILES string of the molecule is COC(=O)C12CC1(c1ccccc1)COCN2S(=O)(=O)c1ccc(-c2ccc(Cl)cc2)s1. The maximum Gasteiger partial charge on any atom is 0.328 e. The minimum atomic E-state index is -4.02. The van der Waals surface area contributed by atoms with E-state index in [1.807, 2.05) is 42.5 Å². The van der Waals surface area contributed by atoms with Crippen LogP contribution in [0, 0.1) is 0 Å². The first kappa shape index (κ1) is 21.6. The van der Waals surface area contributed by atoms with E-state index in [0.717, 1.165) is 27.3 Å². The van der Waals surface area contributed by atoms with Crippen LogP contribution in [0.3, 0.4) is 0 Å². The number of thiophene rings is 1. The van der Waals surface area contributed by atoms with Crippen molar-refractivity contribution in [2.24, 2.45) is 0 Å². The highest BCUT2D eigenvalue weighted by Gasteiger charge is 2.80. The maximum atomic E-state index is 13.7. The standard InChI is InChI=1S/C23H20ClNO5S2/c1-29-21(26)23-13-22(23,17-5-3-2-4-6-17)14-30-15-25(23)32(27,28)20-12-11-19(31-20)16-7-9-18(24)10-8-16/h2-12H,13-15H2,1H3. The normalized spacial score (nSPS) is 25.2. The Morgan fingerprint density at radius 2 is 1.81 bits per heavy atom. The molecule has 3 aromatic rings. The van der Waals surface area contributed by atoms with E-state index in [1.54, 1.807) is 24.3 Å². The smallest absolute Gasteiger partial charge is 0.328 e. The summed E-state index contributed by atoms with van der Waals surface area (Å²) in [5.74, 6) is -0.567. The third kappa shape index (κ3) is 3.05. The zero-order valence-corrected chi connectivity index (χ0v) is 19.5. The monoisotopic (exact) mass is 489 g/mol. The molecule has 1 saturated carbocycles. The molecule has 1 aliphatic carbocycles. The van der Waals surface area contributed by atoms with Crippen molar-refractivity contribution in [3.05, 3.63) is 77.3 Å². The van der Waals surface area contributed by atoms with Gasteiger partial charge >= 0.3 is 5.97 Å². The van der Waals surface area contributed by atoms with E-state index in [9.17, 15) is 13.2 Å². The van der Waals surface area contributed by atoms with Gasteiger partial charge in [-0.1, -0.05) is 54.1 Å². The number of halogens is 1. The van der Waals surface area contributed by atoms with Crippen LogP contribution in [0.15, 0.2) is 70.9 Å². The first-order valence-electron chi connectivity index (χ1n) is 9.95. The Balaban J connectivity index is 1.56. The second kappa shape index (κ2) is 7.67. The average molecular weight is 490 g/mol. The van der Waals surface area contributed by atoms with Crippen molar-refractivity contribution in [1.29, 1.82) is 0 Å². The molecule has 6 nitrogen and oxygen atoms in total. The fourth-order valence-electron chi connectivity index (χ4n) is 4.63. The van der Waals surface area contributed by atoms with Crippen molar-refractivity contribution in [3.63, 3.8) is 0 Å². The molecule has 9 heteroatoms. The second-order valence-electron chi connectivity index (χ2n) is 7.93. The molecule has 2 aliphatic rings. The van der Waals surface area contributed by atoms with Gasteiger partial charge in [0.1, 0.15) is 16.5 Å². The van der Waals surface area contributed by atoms with E-state index in [0.29, 0.717) is 11.4 Å². The summed E-state index contributed by atoms with van der Waals surface area (Å²) in [5.41, 5.74) is -0.380. The molecule has 166 valence electrons. The Hall–Kier alpha value is -2.23. The molecule has 0 bridgehead atoms. The highest BCUT2D eigenvalue weighted by molar-refractivity contribution is 7.91. The molecule has 2 heterocycles. The largest absolute Gasteiger partial charge is 0.468 e. The van der Waals surface area contributed by atoms with Crippen LogP contribution in [0.5, 0.6) is 0 Å². The number of hydrogen-bond acceptors (Lipinski definition) is 6. The summed E-state index contributed by atoms with van der Waals surface area (Å²) in [5, 5.41) is 0.606. The lowest BCUT2D eigenvalue weighted by Crippen LogP contribution is -2.57. The van der Waals surface area contributed by atoms with Crippen LogP contribution in [0.25, 0.3) is 10.4 Å². The highest BCUT2D eigenvalue weighted by atomic mass is 35.5. The van der Waals surface area contributed by atoms with Crippen LogP contribution < -0.4 is 0 Å². The molecule has 2 unspecified atom stereocenters. The van der Waals surface area contributed by atoms with Gasteiger partial charge in [-0.15, -0.1) is 11.3 Å². The highest BCUT2D eigenvalue weighted by Crippen LogP contribution is 2.64. The zero-order valence-electron chi connectivity index (χ0n) is 17.2. The van der Waals surface area contributed by atoms with E-state index in [4.69, 9.17) is 21.1 Å². The first-order valence-corrected chi connectivity index (χ1v) is 12.6. The molecule has 32 heavy (non-hydrogen) atoms. The van der Waals surface area contributed by atoms with Crippen molar-refractivity contribution in [1.82, 2.24) is 4.31 Å². The first-order chi connectivity index (χ1) is 15.3. The van der Waals surface area contributed by atoms with Crippen LogP contribution in [0.2, 0.25) is 5.02 Å². The molecule has 2 fully saturated rings. The van der Waals surface area contributed by atoms with Crippen molar-refractivity contribution in [2.45, 2.75) is 21.6 Å². The lowest BCUT2D eigenvalue weighted by atomic mass is 9.90. The summed E-state index contributed by atoms with van der Waals surface area (Å²) in [4.78, 5) is 13.9. The van der Waals surface area contributed by atoms with Gasteiger partial charge in [0.2, 0.25) is 0 Å². The molecule has 0 N–H and O–H groups in total. The number of benzene rings is 2. The molecule has 0 spiro atoms. The Morgan fingerprint density at radius 1 is 1.09 bits per heavy atom. The van der Waals surface area contributed by atoms with Crippen LogP contribution in [-0.4, -0.2) is 44.7 Å². The van der Waals surface area contributed by atoms with E-state index in [2.05, 4.69) is 0 Å². The quantitative estimate of drug-likeness (QED) is 0.499. The number of carbonyl (C=O) groups excluding carboxylic acids is 1.